The van der Waals surface area contributed by atoms with Gasteiger partial charge in [-0.1, -0.05) is 29.5 Å². The van der Waals surface area contributed by atoms with E-state index in [1.807, 2.05) is 30.5 Å². The molecule has 28 heavy (non-hydrogen) atoms. The molecule has 0 N–H and O–H groups in total. The number of hydrogen-bond donors (Lipinski definition) is 0. The van der Waals surface area contributed by atoms with Gasteiger partial charge in [-0.05, 0) is 37.6 Å². The summed E-state index contributed by atoms with van der Waals surface area (Å²) >= 11 is 1.41. The first-order chi connectivity index (χ1) is 13.5. The zero-order valence-electron chi connectivity index (χ0n) is 15.7. The lowest BCUT2D eigenvalue weighted by molar-refractivity contribution is 0.0972. The van der Waals surface area contributed by atoms with Gasteiger partial charge < -0.3 is 13.7 Å². The third-order valence-corrected chi connectivity index (χ3v) is 5.78. The maximum absolute atomic E-state index is 12.8. The average molecular weight is 394 g/mol. The Bertz CT molecular complexity index is 1340. The molecule has 2 aromatic carbocycles. The summed E-state index contributed by atoms with van der Waals surface area (Å²) in [6, 6.07) is 11.9. The van der Waals surface area contributed by atoms with Gasteiger partial charge in [0.15, 0.2) is 16.0 Å². The lowest BCUT2D eigenvalue weighted by atomic mass is 10.2. The molecular formula is C21H18N2O4S. The largest absolute Gasteiger partial charge is 0.495 e. The first-order valence-corrected chi connectivity index (χ1v) is 9.64. The first-order valence-electron chi connectivity index (χ1n) is 8.82. The summed E-state index contributed by atoms with van der Waals surface area (Å²) in [5, 5.41) is 0.435. The normalized spacial score (nSPS) is 12.0. The van der Waals surface area contributed by atoms with Gasteiger partial charge in [0.2, 0.25) is 0 Å². The first kappa shape index (κ1) is 18.2. The van der Waals surface area contributed by atoms with Crippen molar-refractivity contribution in [1.82, 2.24) is 4.57 Å². The van der Waals surface area contributed by atoms with Crippen molar-refractivity contribution >= 4 is 38.4 Å². The monoisotopic (exact) mass is 394 g/mol. The molecule has 142 valence electrons. The van der Waals surface area contributed by atoms with Crippen molar-refractivity contribution in [2.24, 2.45) is 4.99 Å². The number of carbonyl (C=O) groups is 1. The van der Waals surface area contributed by atoms with Crippen LogP contribution in [-0.2, 0) is 6.54 Å². The van der Waals surface area contributed by atoms with Gasteiger partial charge in [-0.15, -0.1) is 0 Å². The highest BCUT2D eigenvalue weighted by atomic mass is 32.1. The summed E-state index contributed by atoms with van der Waals surface area (Å²) in [7, 11) is 1.62. The van der Waals surface area contributed by atoms with Crippen LogP contribution in [0.1, 0.15) is 23.0 Å². The highest BCUT2D eigenvalue weighted by Gasteiger charge is 2.16. The number of thiazole rings is 1. The van der Waals surface area contributed by atoms with Crippen molar-refractivity contribution in [3.63, 3.8) is 0 Å². The number of rotatable bonds is 3. The van der Waals surface area contributed by atoms with E-state index in [1.54, 1.807) is 31.4 Å². The van der Waals surface area contributed by atoms with Crippen LogP contribution >= 0.6 is 11.3 Å². The molecular weight excluding hydrogens is 376 g/mol. The van der Waals surface area contributed by atoms with Gasteiger partial charge in [-0.3, -0.25) is 9.59 Å². The number of aromatic nitrogens is 1. The topological polar surface area (TPSA) is 73.8 Å². The van der Waals surface area contributed by atoms with E-state index in [9.17, 15) is 9.59 Å². The Morgan fingerprint density at radius 1 is 1.25 bits per heavy atom. The van der Waals surface area contributed by atoms with E-state index < -0.39 is 5.91 Å². The van der Waals surface area contributed by atoms with E-state index in [0.29, 0.717) is 22.3 Å². The Morgan fingerprint density at radius 2 is 2.04 bits per heavy atom. The van der Waals surface area contributed by atoms with Gasteiger partial charge in [-0.2, -0.15) is 4.99 Å². The van der Waals surface area contributed by atoms with Crippen LogP contribution in [0.25, 0.3) is 21.2 Å². The van der Waals surface area contributed by atoms with Gasteiger partial charge in [-0.25, -0.2) is 0 Å². The second-order valence-electron chi connectivity index (χ2n) is 6.28. The molecule has 0 bridgehead atoms. The number of hydrogen-bond acceptors (Lipinski definition) is 5. The SMILES string of the molecule is CCn1c(=NC(=O)c2cc(=O)c3ccccc3o2)sc2c(C)ccc(OC)c21. The number of amides is 1. The number of nitrogens with zero attached hydrogens (tertiary/aromatic N) is 2. The lowest BCUT2D eigenvalue weighted by Crippen LogP contribution is -2.17. The molecule has 0 spiro atoms. The summed E-state index contributed by atoms with van der Waals surface area (Å²) in [5.74, 6) is 0.0607. The van der Waals surface area contributed by atoms with E-state index >= 15 is 0 Å². The van der Waals surface area contributed by atoms with Crippen molar-refractivity contribution in [1.29, 1.82) is 0 Å². The molecule has 0 saturated heterocycles. The van der Waals surface area contributed by atoms with Gasteiger partial charge in [0.05, 0.1) is 17.2 Å². The zero-order chi connectivity index (χ0) is 19.8. The second-order valence-corrected chi connectivity index (χ2v) is 7.26. The molecule has 4 aromatic rings. The van der Waals surface area contributed by atoms with Gasteiger partial charge in [0, 0.05) is 12.6 Å². The quantitative estimate of drug-likeness (QED) is 0.528. The number of aryl methyl sites for hydroxylation is 2. The molecule has 0 aliphatic carbocycles. The van der Waals surface area contributed by atoms with Crippen LogP contribution in [0, 0.1) is 6.92 Å². The Balaban J connectivity index is 1.92. The maximum Gasteiger partial charge on any atom is 0.315 e. The van der Waals surface area contributed by atoms with Crippen molar-refractivity contribution in [3.8, 4) is 5.75 Å². The third kappa shape index (κ3) is 2.93. The van der Waals surface area contributed by atoms with Gasteiger partial charge in [0.25, 0.3) is 0 Å². The van der Waals surface area contributed by atoms with Crippen LogP contribution in [0.15, 0.2) is 56.7 Å². The molecule has 4 rings (SSSR count). The molecule has 6 nitrogen and oxygen atoms in total. The average Bonchev–Trinajstić information content (AvgIpc) is 3.07. The molecule has 0 saturated carbocycles. The Kier molecular flexibility index (Phi) is 4.60. The number of methoxy groups -OCH3 is 1. The lowest BCUT2D eigenvalue weighted by Gasteiger charge is -2.07. The maximum atomic E-state index is 12.8. The van der Waals surface area contributed by atoms with Crippen molar-refractivity contribution in [2.45, 2.75) is 20.4 Å². The van der Waals surface area contributed by atoms with Crippen LogP contribution < -0.4 is 15.0 Å². The molecule has 0 radical (unpaired) electrons. The molecule has 0 unspecified atom stereocenters. The van der Waals surface area contributed by atoms with E-state index in [0.717, 1.165) is 21.5 Å². The molecule has 0 aliphatic heterocycles. The van der Waals surface area contributed by atoms with E-state index in [1.165, 1.54) is 17.4 Å². The van der Waals surface area contributed by atoms with Crippen molar-refractivity contribution in [2.75, 3.05) is 7.11 Å². The van der Waals surface area contributed by atoms with Crippen LogP contribution in [-0.4, -0.2) is 17.6 Å². The number of benzene rings is 2. The second kappa shape index (κ2) is 7.09. The minimum Gasteiger partial charge on any atom is -0.495 e. The van der Waals surface area contributed by atoms with Crippen LogP contribution in [0.2, 0.25) is 0 Å². The van der Waals surface area contributed by atoms with Crippen LogP contribution in [0.4, 0.5) is 0 Å². The van der Waals surface area contributed by atoms with Crippen molar-refractivity contribution in [3.05, 3.63) is 68.8 Å². The fourth-order valence-electron chi connectivity index (χ4n) is 3.17. The smallest absolute Gasteiger partial charge is 0.315 e. The summed E-state index contributed by atoms with van der Waals surface area (Å²) in [4.78, 5) is 29.8. The summed E-state index contributed by atoms with van der Waals surface area (Å²) in [5.41, 5.74) is 2.08. The molecule has 0 fully saturated rings. The molecule has 0 atom stereocenters. The number of ether oxygens (including phenoxy) is 1. The molecule has 1 amide bonds. The van der Waals surface area contributed by atoms with E-state index in [4.69, 9.17) is 9.15 Å². The molecule has 2 heterocycles. The Hall–Kier alpha value is -3.19. The third-order valence-electron chi connectivity index (χ3n) is 4.56. The zero-order valence-corrected chi connectivity index (χ0v) is 16.5. The minimum absolute atomic E-state index is 0.0764. The van der Waals surface area contributed by atoms with Crippen LogP contribution in [0.3, 0.4) is 0 Å². The van der Waals surface area contributed by atoms with Gasteiger partial charge in [0.1, 0.15) is 16.8 Å². The predicted molar refractivity (Wildman–Crippen MR) is 109 cm³/mol. The van der Waals surface area contributed by atoms with E-state index in [-0.39, 0.29) is 11.2 Å². The van der Waals surface area contributed by atoms with Crippen molar-refractivity contribution < 1.29 is 13.9 Å². The Labute approximate surface area is 164 Å². The molecule has 0 aliphatic rings. The highest BCUT2D eigenvalue weighted by molar-refractivity contribution is 7.16. The fourth-order valence-corrected chi connectivity index (χ4v) is 4.35. The number of carbonyl (C=O) groups excluding carboxylic acids is 1. The minimum atomic E-state index is -0.590. The van der Waals surface area contributed by atoms with E-state index in [2.05, 4.69) is 4.99 Å². The van der Waals surface area contributed by atoms with Gasteiger partial charge >= 0.3 is 5.91 Å². The number of para-hydroxylation sites is 1. The summed E-state index contributed by atoms with van der Waals surface area (Å²) < 4.78 is 14.1. The summed E-state index contributed by atoms with van der Waals surface area (Å²) in [6.45, 7) is 4.60. The molecule has 7 heteroatoms. The molecule has 2 aromatic heterocycles. The number of fused-ring (bicyclic) bond motifs is 2. The summed E-state index contributed by atoms with van der Waals surface area (Å²) in [6.07, 6.45) is 0. The van der Waals surface area contributed by atoms with Crippen LogP contribution in [0.5, 0.6) is 5.75 Å². The standard InChI is InChI=1S/C21H18N2O4S/c1-4-23-18-16(26-3)10-9-12(2)19(18)28-21(23)22-20(25)17-11-14(24)13-7-5-6-8-15(13)27-17/h5-11H,4H2,1-3H3. The fraction of sp³-hybridized carbons (Fsp3) is 0.190. The Morgan fingerprint density at radius 3 is 2.79 bits per heavy atom. The highest BCUT2D eigenvalue weighted by Crippen LogP contribution is 2.30. The predicted octanol–water partition coefficient (Wildman–Crippen LogP) is 3.89.